The minimum atomic E-state index is 0.466. The second kappa shape index (κ2) is 6.19. The Morgan fingerprint density at radius 2 is 2.36 bits per heavy atom. The lowest BCUT2D eigenvalue weighted by Gasteiger charge is -2.15. The highest BCUT2D eigenvalue weighted by Crippen LogP contribution is 2.13. The molecule has 0 fully saturated rings. The highest BCUT2D eigenvalue weighted by Gasteiger charge is 2.08. The molecule has 0 radical (unpaired) electrons. The number of hydrogen-bond acceptors (Lipinski definition) is 2. The first-order valence-electron chi connectivity index (χ1n) is 5.18. The van der Waals surface area contributed by atoms with E-state index in [0.29, 0.717) is 6.04 Å². The maximum Gasteiger partial charge on any atom is 0.0641 e. The lowest BCUT2D eigenvalue weighted by atomic mass is 10.2. The summed E-state index contributed by atoms with van der Waals surface area (Å²) in [5.74, 6) is 0. The minimum Gasteiger partial charge on any atom is -0.315 e. The molecule has 80 valence electrons. The van der Waals surface area contributed by atoms with E-state index >= 15 is 0 Å². The fraction of sp³-hybridized carbons (Fsp3) is 0.700. The third-order valence-electron chi connectivity index (χ3n) is 2.22. The van der Waals surface area contributed by atoms with Gasteiger partial charge in [-0.3, -0.25) is 4.68 Å². The molecule has 0 aliphatic rings. The molecule has 0 bridgehead atoms. The van der Waals surface area contributed by atoms with Crippen LogP contribution in [0.4, 0.5) is 0 Å². The summed E-state index contributed by atoms with van der Waals surface area (Å²) in [5, 5.41) is 7.71. The number of halogens is 1. The lowest BCUT2D eigenvalue weighted by molar-refractivity contribution is 0.412. The zero-order chi connectivity index (χ0) is 10.4. The second-order valence-corrected chi connectivity index (χ2v) is 4.32. The normalized spacial score (nSPS) is 13.1. The predicted molar refractivity (Wildman–Crippen MR) is 62.4 cm³/mol. The van der Waals surface area contributed by atoms with Crippen molar-refractivity contribution in [3.8, 4) is 0 Å². The van der Waals surface area contributed by atoms with E-state index in [1.54, 1.807) is 0 Å². The van der Waals surface area contributed by atoms with Gasteiger partial charge in [-0.1, -0.05) is 13.8 Å². The Morgan fingerprint density at radius 1 is 1.57 bits per heavy atom. The summed E-state index contributed by atoms with van der Waals surface area (Å²) in [7, 11) is 0. The van der Waals surface area contributed by atoms with Crippen LogP contribution in [0.3, 0.4) is 0 Å². The van der Waals surface area contributed by atoms with Crippen molar-refractivity contribution in [2.75, 3.05) is 13.1 Å². The average molecular weight is 260 g/mol. The van der Waals surface area contributed by atoms with E-state index in [0.717, 1.165) is 24.0 Å². The van der Waals surface area contributed by atoms with Gasteiger partial charge in [0.15, 0.2) is 0 Å². The molecule has 1 aromatic heterocycles. The molecule has 14 heavy (non-hydrogen) atoms. The number of rotatable bonds is 6. The van der Waals surface area contributed by atoms with E-state index in [2.05, 4.69) is 40.2 Å². The maximum atomic E-state index is 4.30. The molecule has 0 aromatic carbocycles. The molecular weight excluding hydrogens is 242 g/mol. The van der Waals surface area contributed by atoms with Gasteiger partial charge in [-0.2, -0.15) is 5.10 Å². The molecule has 1 unspecified atom stereocenters. The van der Waals surface area contributed by atoms with E-state index in [-0.39, 0.29) is 0 Å². The molecule has 1 heterocycles. The molecule has 0 aliphatic heterocycles. The zero-order valence-electron chi connectivity index (χ0n) is 8.83. The molecule has 0 saturated heterocycles. The number of nitrogens with zero attached hydrogens (tertiary/aromatic N) is 2. The molecule has 1 atom stereocenters. The Labute approximate surface area is 94.0 Å². The van der Waals surface area contributed by atoms with Crippen LogP contribution in [-0.2, 0) is 0 Å². The number of aromatic nitrogens is 2. The van der Waals surface area contributed by atoms with Gasteiger partial charge in [-0.15, -0.1) is 0 Å². The molecule has 0 aliphatic carbocycles. The van der Waals surface area contributed by atoms with Crippen LogP contribution < -0.4 is 5.32 Å². The van der Waals surface area contributed by atoms with Gasteiger partial charge in [0.25, 0.3) is 0 Å². The lowest BCUT2D eigenvalue weighted by Crippen LogP contribution is -2.25. The van der Waals surface area contributed by atoms with Crippen molar-refractivity contribution in [1.29, 1.82) is 0 Å². The van der Waals surface area contributed by atoms with Crippen molar-refractivity contribution in [2.45, 2.75) is 32.7 Å². The first-order valence-corrected chi connectivity index (χ1v) is 5.97. The van der Waals surface area contributed by atoms with Gasteiger partial charge in [0.1, 0.15) is 0 Å². The molecule has 1 aromatic rings. The van der Waals surface area contributed by atoms with Crippen LogP contribution in [0.15, 0.2) is 16.9 Å². The van der Waals surface area contributed by atoms with Gasteiger partial charge in [-0.25, -0.2) is 0 Å². The monoisotopic (exact) mass is 259 g/mol. The van der Waals surface area contributed by atoms with Crippen LogP contribution in [0.1, 0.15) is 32.7 Å². The Bertz CT molecular complexity index is 260. The highest BCUT2D eigenvalue weighted by atomic mass is 79.9. The number of nitrogens with one attached hydrogen (secondary N) is 1. The molecule has 4 heteroatoms. The summed E-state index contributed by atoms with van der Waals surface area (Å²) in [6, 6.07) is 0.466. The largest absolute Gasteiger partial charge is 0.315 e. The van der Waals surface area contributed by atoms with Gasteiger partial charge in [0.2, 0.25) is 0 Å². The van der Waals surface area contributed by atoms with Crippen molar-refractivity contribution in [3.63, 3.8) is 0 Å². The van der Waals surface area contributed by atoms with Gasteiger partial charge in [0.05, 0.1) is 16.7 Å². The smallest absolute Gasteiger partial charge is 0.0641 e. The van der Waals surface area contributed by atoms with Crippen molar-refractivity contribution in [1.82, 2.24) is 15.1 Å². The summed E-state index contributed by atoms with van der Waals surface area (Å²) in [5.41, 5.74) is 0. The van der Waals surface area contributed by atoms with Crippen LogP contribution in [0, 0.1) is 0 Å². The summed E-state index contributed by atoms with van der Waals surface area (Å²) < 4.78 is 3.07. The van der Waals surface area contributed by atoms with Gasteiger partial charge in [-0.05, 0) is 35.3 Å². The first kappa shape index (κ1) is 11.7. The molecule has 1 N–H and O–H groups in total. The fourth-order valence-electron chi connectivity index (χ4n) is 1.38. The van der Waals surface area contributed by atoms with Crippen molar-refractivity contribution >= 4 is 15.9 Å². The standard InChI is InChI=1S/C10H18BrN3/c1-3-5-12-7-10(4-2)14-8-9(11)6-13-14/h6,8,10,12H,3-5,7H2,1-2H3. The average Bonchev–Trinajstić information content (AvgIpc) is 2.60. The third-order valence-corrected chi connectivity index (χ3v) is 2.63. The van der Waals surface area contributed by atoms with Crippen LogP contribution in [-0.4, -0.2) is 22.9 Å². The molecule has 0 spiro atoms. The summed E-state index contributed by atoms with van der Waals surface area (Å²) in [4.78, 5) is 0. The summed E-state index contributed by atoms with van der Waals surface area (Å²) >= 11 is 3.41. The Morgan fingerprint density at radius 3 is 2.86 bits per heavy atom. The quantitative estimate of drug-likeness (QED) is 0.797. The topological polar surface area (TPSA) is 29.9 Å². The van der Waals surface area contributed by atoms with E-state index < -0.39 is 0 Å². The van der Waals surface area contributed by atoms with E-state index in [9.17, 15) is 0 Å². The SMILES string of the molecule is CCCNCC(CC)n1cc(Br)cn1. The Hall–Kier alpha value is -0.350. The van der Waals surface area contributed by atoms with Crippen LogP contribution in [0.25, 0.3) is 0 Å². The molecule has 0 saturated carbocycles. The van der Waals surface area contributed by atoms with Crippen LogP contribution in [0.5, 0.6) is 0 Å². The van der Waals surface area contributed by atoms with E-state index in [4.69, 9.17) is 0 Å². The van der Waals surface area contributed by atoms with Gasteiger partial charge in [0, 0.05) is 12.7 Å². The highest BCUT2D eigenvalue weighted by molar-refractivity contribution is 9.10. The predicted octanol–water partition coefficient (Wildman–Crippen LogP) is 2.60. The maximum absolute atomic E-state index is 4.30. The molecule has 0 amide bonds. The van der Waals surface area contributed by atoms with E-state index in [1.165, 1.54) is 6.42 Å². The molecule has 1 rings (SSSR count). The Balaban J connectivity index is 2.45. The molecular formula is C10H18BrN3. The zero-order valence-corrected chi connectivity index (χ0v) is 10.4. The van der Waals surface area contributed by atoms with Crippen LogP contribution >= 0.6 is 15.9 Å². The van der Waals surface area contributed by atoms with Crippen molar-refractivity contribution in [2.24, 2.45) is 0 Å². The summed E-state index contributed by atoms with van der Waals surface area (Å²) in [6.45, 7) is 6.45. The van der Waals surface area contributed by atoms with Crippen LogP contribution in [0.2, 0.25) is 0 Å². The Kier molecular flexibility index (Phi) is 5.19. The van der Waals surface area contributed by atoms with Crippen molar-refractivity contribution < 1.29 is 0 Å². The third kappa shape index (κ3) is 3.42. The van der Waals surface area contributed by atoms with Gasteiger partial charge < -0.3 is 5.32 Å². The van der Waals surface area contributed by atoms with E-state index in [1.807, 2.05) is 17.1 Å². The first-order chi connectivity index (χ1) is 6.77. The fourth-order valence-corrected chi connectivity index (χ4v) is 1.69. The van der Waals surface area contributed by atoms with Crippen molar-refractivity contribution in [3.05, 3.63) is 16.9 Å². The minimum absolute atomic E-state index is 0.466. The summed E-state index contributed by atoms with van der Waals surface area (Å²) in [6.07, 6.45) is 6.15. The molecule has 3 nitrogen and oxygen atoms in total. The van der Waals surface area contributed by atoms with Gasteiger partial charge >= 0.3 is 0 Å². The second-order valence-electron chi connectivity index (χ2n) is 3.40. The number of hydrogen-bond donors (Lipinski definition) is 1.